The summed E-state index contributed by atoms with van der Waals surface area (Å²) in [6.07, 6.45) is 3.41. The van der Waals surface area contributed by atoms with Gasteiger partial charge < -0.3 is 14.4 Å². The molecule has 0 radical (unpaired) electrons. The van der Waals surface area contributed by atoms with Gasteiger partial charge in [0.05, 0.1) is 12.8 Å². The third-order valence-electron chi connectivity index (χ3n) is 3.22. The fourth-order valence-corrected chi connectivity index (χ4v) is 1.77. The number of amides is 1. The zero-order valence-corrected chi connectivity index (χ0v) is 10.5. The molecule has 0 bridgehead atoms. The minimum atomic E-state index is -1.39. The first-order valence-corrected chi connectivity index (χ1v) is 6.00. The summed E-state index contributed by atoms with van der Waals surface area (Å²) in [6.45, 7) is 3.22. The maximum Gasteiger partial charge on any atom is 0.318 e. The van der Waals surface area contributed by atoms with Gasteiger partial charge in [-0.05, 0) is 38.8 Å². The highest BCUT2D eigenvalue weighted by atomic mass is 16.4. The predicted molar refractivity (Wildman–Crippen MR) is 63.7 cm³/mol. The maximum absolute atomic E-state index is 12.3. The van der Waals surface area contributed by atoms with Crippen molar-refractivity contribution in [3.8, 4) is 0 Å². The highest BCUT2D eigenvalue weighted by Gasteiger charge is 2.44. The van der Waals surface area contributed by atoms with Crippen molar-refractivity contribution in [1.29, 1.82) is 0 Å². The second kappa shape index (κ2) is 4.48. The van der Waals surface area contributed by atoms with Crippen LogP contribution in [0.2, 0.25) is 0 Å². The van der Waals surface area contributed by atoms with Crippen LogP contribution in [0.15, 0.2) is 22.8 Å². The zero-order chi connectivity index (χ0) is 13.3. The molecule has 1 N–H and O–H groups in total. The Bertz CT molecular complexity index is 446. The molecule has 1 fully saturated rings. The first-order valence-electron chi connectivity index (χ1n) is 6.00. The van der Waals surface area contributed by atoms with E-state index in [-0.39, 0.29) is 11.9 Å². The largest absolute Gasteiger partial charge is 0.480 e. The number of carboxylic acids is 1. The van der Waals surface area contributed by atoms with E-state index in [1.807, 2.05) is 0 Å². The summed E-state index contributed by atoms with van der Waals surface area (Å²) in [5.74, 6) is -0.775. The topological polar surface area (TPSA) is 70.8 Å². The number of hydrogen-bond donors (Lipinski definition) is 1. The molecule has 98 valence electrons. The zero-order valence-electron chi connectivity index (χ0n) is 10.5. The van der Waals surface area contributed by atoms with E-state index in [2.05, 4.69) is 0 Å². The van der Waals surface area contributed by atoms with E-state index < -0.39 is 11.4 Å². The van der Waals surface area contributed by atoms with Crippen LogP contribution >= 0.6 is 0 Å². The third kappa shape index (κ3) is 2.39. The van der Waals surface area contributed by atoms with E-state index in [4.69, 9.17) is 9.52 Å². The van der Waals surface area contributed by atoms with E-state index in [0.717, 1.165) is 12.8 Å². The van der Waals surface area contributed by atoms with Gasteiger partial charge in [-0.15, -0.1) is 0 Å². The van der Waals surface area contributed by atoms with Crippen LogP contribution in [0.5, 0.6) is 0 Å². The van der Waals surface area contributed by atoms with Gasteiger partial charge >= 0.3 is 5.97 Å². The predicted octanol–water partition coefficient (Wildman–Crippen LogP) is 1.88. The molecule has 0 aliphatic heterocycles. The lowest BCUT2D eigenvalue weighted by atomic mass is 9.91. The van der Waals surface area contributed by atoms with Crippen LogP contribution in [0.4, 0.5) is 0 Å². The molecule has 1 heterocycles. The number of rotatable bonds is 5. The molecule has 1 aromatic rings. The molecule has 0 saturated heterocycles. The number of furan rings is 1. The van der Waals surface area contributed by atoms with Crippen molar-refractivity contribution < 1.29 is 19.1 Å². The highest BCUT2D eigenvalue weighted by molar-refractivity contribution is 6.01. The molecule has 0 aromatic carbocycles. The van der Waals surface area contributed by atoms with E-state index in [9.17, 15) is 9.59 Å². The van der Waals surface area contributed by atoms with E-state index >= 15 is 0 Å². The molecule has 5 nitrogen and oxygen atoms in total. The Morgan fingerprint density at radius 2 is 2.17 bits per heavy atom. The summed E-state index contributed by atoms with van der Waals surface area (Å²) in [5, 5.41) is 9.12. The summed E-state index contributed by atoms with van der Waals surface area (Å²) in [6, 6.07) is 3.70. The number of carbonyl (C=O) groups excluding carboxylic acids is 1. The molecule has 2 rings (SSSR count). The molecule has 0 unspecified atom stereocenters. The van der Waals surface area contributed by atoms with Gasteiger partial charge in [0.2, 0.25) is 5.91 Å². The van der Waals surface area contributed by atoms with Crippen molar-refractivity contribution in [2.24, 2.45) is 5.41 Å². The maximum atomic E-state index is 12.3. The lowest BCUT2D eigenvalue weighted by Gasteiger charge is -2.28. The van der Waals surface area contributed by atoms with E-state index in [0.29, 0.717) is 12.3 Å². The molecule has 0 atom stereocenters. The molecule has 0 spiro atoms. The third-order valence-corrected chi connectivity index (χ3v) is 3.22. The lowest BCUT2D eigenvalue weighted by Crippen LogP contribution is -2.45. The SMILES string of the molecule is CC(C)(C(=O)O)C(=O)N(Cc1ccco1)C1CC1. The molecule has 1 saturated carbocycles. The fourth-order valence-electron chi connectivity index (χ4n) is 1.77. The van der Waals surface area contributed by atoms with Crippen LogP contribution < -0.4 is 0 Å². The van der Waals surface area contributed by atoms with Gasteiger partial charge in [0, 0.05) is 6.04 Å². The van der Waals surface area contributed by atoms with Gasteiger partial charge in [0.1, 0.15) is 11.2 Å². The number of hydrogen-bond acceptors (Lipinski definition) is 3. The van der Waals surface area contributed by atoms with Gasteiger partial charge in [-0.25, -0.2) is 0 Å². The summed E-state index contributed by atoms with van der Waals surface area (Å²) < 4.78 is 5.22. The summed E-state index contributed by atoms with van der Waals surface area (Å²) in [5.41, 5.74) is -1.39. The molecule has 5 heteroatoms. The fraction of sp³-hybridized carbons (Fsp3) is 0.538. The Balaban J connectivity index is 2.15. The summed E-state index contributed by atoms with van der Waals surface area (Å²) in [7, 11) is 0. The van der Waals surface area contributed by atoms with Gasteiger partial charge in [-0.3, -0.25) is 9.59 Å². The average Bonchev–Trinajstić information content (AvgIpc) is 3.02. The Labute approximate surface area is 105 Å². The number of nitrogens with zero attached hydrogens (tertiary/aromatic N) is 1. The minimum Gasteiger partial charge on any atom is -0.480 e. The average molecular weight is 251 g/mol. The molecule has 18 heavy (non-hydrogen) atoms. The molecule has 1 aliphatic carbocycles. The Hall–Kier alpha value is -1.78. The molecule has 1 amide bonds. The second-order valence-corrected chi connectivity index (χ2v) is 5.17. The Morgan fingerprint density at radius 1 is 1.50 bits per heavy atom. The molecular weight excluding hydrogens is 234 g/mol. The van der Waals surface area contributed by atoms with Crippen molar-refractivity contribution in [1.82, 2.24) is 4.90 Å². The van der Waals surface area contributed by atoms with E-state index in [1.54, 1.807) is 23.3 Å². The normalized spacial score (nSPS) is 15.4. The van der Waals surface area contributed by atoms with Crippen LogP contribution in [0, 0.1) is 5.41 Å². The van der Waals surface area contributed by atoms with Gasteiger partial charge in [0.15, 0.2) is 0 Å². The number of carbonyl (C=O) groups is 2. The van der Waals surface area contributed by atoms with Gasteiger partial charge in [-0.1, -0.05) is 0 Å². The van der Waals surface area contributed by atoms with Crippen LogP contribution in [0.1, 0.15) is 32.4 Å². The Kier molecular flexibility index (Phi) is 3.15. The standard InChI is InChI=1S/C13H17NO4/c1-13(2,12(16)17)11(15)14(9-5-6-9)8-10-4-3-7-18-10/h3-4,7,9H,5-6,8H2,1-2H3,(H,16,17). The van der Waals surface area contributed by atoms with Gasteiger partial charge in [-0.2, -0.15) is 0 Å². The van der Waals surface area contributed by atoms with Crippen LogP contribution in [-0.2, 0) is 16.1 Å². The van der Waals surface area contributed by atoms with Crippen molar-refractivity contribution in [2.75, 3.05) is 0 Å². The van der Waals surface area contributed by atoms with Crippen molar-refractivity contribution in [3.05, 3.63) is 24.2 Å². The lowest BCUT2D eigenvalue weighted by molar-refractivity contribution is -0.159. The smallest absolute Gasteiger partial charge is 0.318 e. The van der Waals surface area contributed by atoms with E-state index in [1.165, 1.54) is 13.8 Å². The van der Waals surface area contributed by atoms with Crippen molar-refractivity contribution in [3.63, 3.8) is 0 Å². The first-order chi connectivity index (χ1) is 8.43. The molecule has 1 aromatic heterocycles. The van der Waals surface area contributed by atoms with Crippen LogP contribution in [-0.4, -0.2) is 27.9 Å². The molecular formula is C13H17NO4. The number of aliphatic carboxylic acids is 1. The van der Waals surface area contributed by atoms with Crippen molar-refractivity contribution in [2.45, 2.75) is 39.3 Å². The summed E-state index contributed by atoms with van der Waals surface area (Å²) >= 11 is 0. The minimum absolute atomic E-state index is 0.154. The summed E-state index contributed by atoms with van der Waals surface area (Å²) in [4.78, 5) is 25.1. The quantitative estimate of drug-likeness (QED) is 0.811. The monoisotopic (exact) mass is 251 g/mol. The van der Waals surface area contributed by atoms with Crippen LogP contribution in [0.25, 0.3) is 0 Å². The van der Waals surface area contributed by atoms with Crippen molar-refractivity contribution >= 4 is 11.9 Å². The Morgan fingerprint density at radius 3 is 2.61 bits per heavy atom. The first kappa shape index (κ1) is 12.7. The molecule has 1 aliphatic rings. The van der Waals surface area contributed by atoms with Crippen LogP contribution in [0.3, 0.4) is 0 Å². The highest BCUT2D eigenvalue weighted by Crippen LogP contribution is 2.32. The second-order valence-electron chi connectivity index (χ2n) is 5.17. The van der Waals surface area contributed by atoms with Gasteiger partial charge in [0.25, 0.3) is 0 Å². The number of carboxylic acid groups (broad SMARTS) is 1.